The summed E-state index contributed by atoms with van der Waals surface area (Å²) in [6.45, 7) is 1.91. The molecule has 1 aromatic carbocycles. The number of fused-ring (bicyclic) bond motifs is 1. The number of hydrogen-bond donors (Lipinski definition) is 1. The minimum Gasteiger partial charge on any atom is -0.463 e. The first-order chi connectivity index (χ1) is 10.8. The zero-order chi connectivity index (χ0) is 15.1. The molecule has 1 N–H and O–H groups in total. The van der Waals surface area contributed by atoms with Crippen molar-refractivity contribution in [2.24, 2.45) is 0 Å². The van der Waals surface area contributed by atoms with Crippen molar-refractivity contribution in [3.63, 3.8) is 0 Å². The zero-order valence-corrected chi connectivity index (χ0v) is 12.7. The molecule has 0 amide bonds. The average molecular weight is 311 g/mol. The van der Waals surface area contributed by atoms with Crippen molar-refractivity contribution in [1.82, 2.24) is 14.6 Å². The lowest BCUT2D eigenvalue weighted by atomic mass is 10.1. The van der Waals surface area contributed by atoms with Gasteiger partial charge in [0.1, 0.15) is 16.4 Å². The van der Waals surface area contributed by atoms with Crippen LogP contribution in [-0.2, 0) is 6.61 Å². The molecule has 4 aromatic rings. The van der Waals surface area contributed by atoms with Gasteiger partial charge in [0.15, 0.2) is 5.76 Å². The van der Waals surface area contributed by atoms with Gasteiger partial charge < -0.3 is 9.52 Å². The van der Waals surface area contributed by atoms with Crippen molar-refractivity contribution < 1.29 is 9.52 Å². The van der Waals surface area contributed by atoms with E-state index in [1.165, 1.54) is 16.9 Å². The molecule has 3 heterocycles. The van der Waals surface area contributed by atoms with E-state index in [-0.39, 0.29) is 6.61 Å². The van der Waals surface area contributed by atoms with Crippen molar-refractivity contribution in [2.75, 3.05) is 0 Å². The number of nitrogens with zero attached hydrogens (tertiary/aromatic N) is 3. The monoisotopic (exact) mass is 311 g/mol. The number of furan rings is 1. The fraction of sp³-hybridized carbons (Fsp3) is 0.125. The van der Waals surface area contributed by atoms with Gasteiger partial charge in [0, 0.05) is 5.56 Å². The lowest BCUT2D eigenvalue weighted by Gasteiger charge is -1.98. The lowest BCUT2D eigenvalue weighted by molar-refractivity contribution is 0.274. The van der Waals surface area contributed by atoms with E-state index in [0.29, 0.717) is 17.1 Å². The van der Waals surface area contributed by atoms with Gasteiger partial charge in [-0.15, -0.1) is 0 Å². The van der Waals surface area contributed by atoms with Crippen LogP contribution in [0.15, 0.2) is 47.1 Å². The minimum absolute atomic E-state index is 0.145. The van der Waals surface area contributed by atoms with Gasteiger partial charge in [0.2, 0.25) is 4.96 Å². The molecule has 0 saturated heterocycles. The van der Waals surface area contributed by atoms with E-state index in [9.17, 15) is 5.11 Å². The summed E-state index contributed by atoms with van der Waals surface area (Å²) < 4.78 is 7.08. The topological polar surface area (TPSA) is 63.6 Å². The fourth-order valence-corrected chi connectivity index (χ4v) is 3.35. The van der Waals surface area contributed by atoms with E-state index in [0.717, 1.165) is 15.5 Å². The Bertz CT molecular complexity index is 938. The smallest absolute Gasteiger partial charge is 0.213 e. The van der Waals surface area contributed by atoms with Gasteiger partial charge in [-0.25, -0.2) is 9.50 Å². The van der Waals surface area contributed by atoms with Crippen molar-refractivity contribution in [3.8, 4) is 22.0 Å². The number of rotatable bonds is 3. The van der Waals surface area contributed by atoms with Crippen LogP contribution >= 0.6 is 11.3 Å². The third kappa shape index (κ3) is 2.04. The number of imidazole rings is 1. The Kier molecular flexibility index (Phi) is 3.06. The molecule has 0 saturated carbocycles. The van der Waals surface area contributed by atoms with E-state index in [1.54, 1.807) is 16.8 Å². The SMILES string of the molecule is Cc1cccc(-c2nn3c(CO)c(-c4ccco4)nc3s2)c1. The first kappa shape index (κ1) is 13.2. The zero-order valence-electron chi connectivity index (χ0n) is 11.9. The normalized spacial score (nSPS) is 11.4. The second-order valence-electron chi connectivity index (χ2n) is 5.01. The Balaban J connectivity index is 1.88. The van der Waals surface area contributed by atoms with Gasteiger partial charge >= 0.3 is 0 Å². The molecule has 3 aromatic heterocycles. The highest BCUT2D eigenvalue weighted by molar-refractivity contribution is 7.19. The molecule has 110 valence electrons. The summed E-state index contributed by atoms with van der Waals surface area (Å²) in [5.74, 6) is 0.638. The molecule has 22 heavy (non-hydrogen) atoms. The maximum absolute atomic E-state index is 9.69. The average Bonchev–Trinajstić information content (AvgIpc) is 3.22. The summed E-state index contributed by atoms with van der Waals surface area (Å²) in [6, 6.07) is 11.8. The van der Waals surface area contributed by atoms with E-state index < -0.39 is 0 Å². The highest BCUT2D eigenvalue weighted by Gasteiger charge is 2.19. The molecule has 0 bridgehead atoms. The second-order valence-corrected chi connectivity index (χ2v) is 5.97. The Morgan fingerprint density at radius 3 is 2.91 bits per heavy atom. The maximum atomic E-state index is 9.69. The lowest BCUT2D eigenvalue weighted by Crippen LogP contribution is -1.95. The summed E-state index contributed by atoms with van der Waals surface area (Å²) in [5.41, 5.74) is 3.52. The number of hydrogen-bond acceptors (Lipinski definition) is 5. The summed E-state index contributed by atoms with van der Waals surface area (Å²) >= 11 is 1.49. The molecule has 0 aliphatic carbocycles. The number of aromatic nitrogens is 3. The van der Waals surface area contributed by atoms with Gasteiger partial charge in [-0.1, -0.05) is 35.1 Å². The summed E-state index contributed by atoms with van der Waals surface area (Å²) in [5, 5.41) is 15.2. The largest absolute Gasteiger partial charge is 0.463 e. The number of benzene rings is 1. The molecule has 5 nitrogen and oxygen atoms in total. The van der Waals surface area contributed by atoms with Crippen LogP contribution in [0.4, 0.5) is 0 Å². The first-order valence-electron chi connectivity index (χ1n) is 6.86. The maximum Gasteiger partial charge on any atom is 0.213 e. The van der Waals surface area contributed by atoms with E-state index >= 15 is 0 Å². The minimum atomic E-state index is -0.145. The second kappa shape index (κ2) is 5.08. The quantitative estimate of drug-likeness (QED) is 0.629. The van der Waals surface area contributed by atoms with Gasteiger partial charge in [0.25, 0.3) is 0 Å². The molecule has 0 atom stereocenters. The van der Waals surface area contributed by atoms with Crippen LogP contribution in [0.25, 0.3) is 27.0 Å². The molecular formula is C16H13N3O2S. The third-order valence-corrected chi connectivity index (χ3v) is 4.42. The van der Waals surface area contributed by atoms with Crippen molar-refractivity contribution in [2.45, 2.75) is 13.5 Å². The fourth-order valence-electron chi connectivity index (χ4n) is 2.44. The highest BCUT2D eigenvalue weighted by Crippen LogP contribution is 2.31. The molecule has 6 heteroatoms. The third-order valence-electron chi connectivity index (χ3n) is 3.47. The molecule has 0 aliphatic rings. The summed E-state index contributed by atoms with van der Waals surface area (Å²) in [4.78, 5) is 5.30. The summed E-state index contributed by atoms with van der Waals surface area (Å²) in [6.07, 6.45) is 1.59. The molecule has 0 aliphatic heterocycles. The Morgan fingerprint density at radius 2 is 2.18 bits per heavy atom. The molecule has 0 unspecified atom stereocenters. The van der Waals surface area contributed by atoms with E-state index in [4.69, 9.17) is 4.42 Å². The van der Waals surface area contributed by atoms with E-state index in [2.05, 4.69) is 29.1 Å². The first-order valence-corrected chi connectivity index (χ1v) is 7.68. The molecule has 0 spiro atoms. The molecule has 0 radical (unpaired) electrons. The Morgan fingerprint density at radius 1 is 1.27 bits per heavy atom. The Labute approximate surface area is 130 Å². The van der Waals surface area contributed by atoms with Crippen LogP contribution in [0.5, 0.6) is 0 Å². The highest BCUT2D eigenvalue weighted by atomic mass is 32.1. The predicted octanol–water partition coefficient (Wildman–Crippen LogP) is 3.52. The van der Waals surface area contributed by atoms with Crippen LogP contribution in [0.3, 0.4) is 0 Å². The standard InChI is InChI=1S/C16H13N3O2S/c1-10-4-2-5-11(8-10)15-18-19-12(9-20)14(17-16(19)22-15)13-6-3-7-21-13/h2-8,20H,9H2,1H3. The van der Waals surface area contributed by atoms with Gasteiger partial charge in [-0.2, -0.15) is 5.10 Å². The molecular weight excluding hydrogens is 298 g/mol. The number of aliphatic hydroxyl groups excluding tert-OH is 1. The molecule has 4 rings (SSSR count). The van der Waals surface area contributed by atoms with Crippen LogP contribution in [-0.4, -0.2) is 19.7 Å². The van der Waals surface area contributed by atoms with Crippen molar-refractivity contribution >= 4 is 16.3 Å². The van der Waals surface area contributed by atoms with Crippen LogP contribution in [0.2, 0.25) is 0 Å². The van der Waals surface area contributed by atoms with Crippen LogP contribution < -0.4 is 0 Å². The van der Waals surface area contributed by atoms with E-state index in [1.807, 2.05) is 18.2 Å². The molecule has 0 fully saturated rings. The van der Waals surface area contributed by atoms with Gasteiger partial charge in [-0.05, 0) is 25.1 Å². The van der Waals surface area contributed by atoms with Crippen molar-refractivity contribution in [3.05, 3.63) is 53.9 Å². The summed E-state index contributed by atoms with van der Waals surface area (Å²) in [7, 11) is 0. The van der Waals surface area contributed by atoms with Gasteiger partial charge in [0.05, 0.1) is 12.9 Å². The van der Waals surface area contributed by atoms with Gasteiger partial charge in [-0.3, -0.25) is 0 Å². The van der Waals surface area contributed by atoms with Crippen LogP contribution in [0, 0.1) is 6.92 Å². The number of aryl methyl sites for hydroxylation is 1. The predicted molar refractivity (Wildman–Crippen MR) is 84.7 cm³/mol. The van der Waals surface area contributed by atoms with Crippen molar-refractivity contribution in [1.29, 1.82) is 0 Å². The number of aliphatic hydroxyl groups is 1. The van der Waals surface area contributed by atoms with Crippen LogP contribution in [0.1, 0.15) is 11.3 Å². The Hall–Kier alpha value is -2.44.